The molecule has 0 spiro atoms. The average Bonchev–Trinajstić information content (AvgIpc) is 2.68. The molecule has 2 aromatic rings. The molecule has 6 nitrogen and oxygen atoms in total. The lowest BCUT2D eigenvalue weighted by molar-refractivity contribution is -0.383. The molecule has 0 saturated carbocycles. The van der Waals surface area contributed by atoms with Crippen LogP contribution in [-0.2, 0) is 6.54 Å². The van der Waals surface area contributed by atoms with Crippen molar-refractivity contribution in [2.24, 2.45) is 0 Å². The molecular formula is C12H12ClN3O3. The van der Waals surface area contributed by atoms with Crippen LogP contribution in [0.15, 0.2) is 22.7 Å². The summed E-state index contributed by atoms with van der Waals surface area (Å²) in [6.07, 6.45) is 0. The van der Waals surface area contributed by atoms with E-state index in [1.54, 1.807) is 19.1 Å². The first-order valence-electron chi connectivity index (χ1n) is 5.58. The summed E-state index contributed by atoms with van der Waals surface area (Å²) < 4.78 is 5.04. The van der Waals surface area contributed by atoms with Gasteiger partial charge in [-0.25, -0.2) is 0 Å². The van der Waals surface area contributed by atoms with E-state index in [4.69, 9.17) is 16.1 Å². The van der Waals surface area contributed by atoms with Gasteiger partial charge in [0.1, 0.15) is 11.4 Å². The Morgan fingerprint density at radius 1 is 1.47 bits per heavy atom. The summed E-state index contributed by atoms with van der Waals surface area (Å²) >= 11 is 5.75. The molecule has 0 fully saturated rings. The summed E-state index contributed by atoms with van der Waals surface area (Å²) in [6, 6.07) is 4.50. The SMILES string of the molecule is Cc1noc(C)c1CNc1ccc(Cl)cc1[N+](=O)[O-]. The fourth-order valence-electron chi connectivity index (χ4n) is 1.74. The summed E-state index contributed by atoms with van der Waals surface area (Å²) in [5, 5.41) is 18.1. The van der Waals surface area contributed by atoms with Crippen molar-refractivity contribution in [2.45, 2.75) is 20.4 Å². The maximum absolute atomic E-state index is 10.9. The minimum atomic E-state index is -0.471. The molecule has 0 aliphatic rings. The van der Waals surface area contributed by atoms with Crippen LogP contribution in [-0.4, -0.2) is 10.1 Å². The van der Waals surface area contributed by atoms with Crippen molar-refractivity contribution in [2.75, 3.05) is 5.32 Å². The number of halogens is 1. The first kappa shape index (κ1) is 13.4. The molecule has 2 rings (SSSR count). The van der Waals surface area contributed by atoms with Gasteiger partial charge >= 0.3 is 0 Å². The molecule has 0 bridgehead atoms. The molecule has 1 aromatic heterocycles. The predicted molar refractivity (Wildman–Crippen MR) is 71.4 cm³/mol. The smallest absolute Gasteiger partial charge is 0.293 e. The number of nitro benzene ring substituents is 1. The van der Waals surface area contributed by atoms with Gasteiger partial charge in [-0.2, -0.15) is 0 Å². The summed E-state index contributed by atoms with van der Waals surface area (Å²) in [5.41, 5.74) is 2.01. The molecule has 0 radical (unpaired) electrons. The van der Waals surface area contributed by atoms with Crippen LogP contribution in [0.25, 0.3) is 0 Å². The lowest BCUT2D eigenvalue weighted by Crippen LogP contribution is -2.04. The van der Waals surface area contributed by atoms with E-state index in [-0.39, 0.29) is 5.69 Å². The average molecular weight is 282 g/mol. The van der Waals surface area contributed by atoms with Gasteiger partial charge in [0.15, 0.2) is 0 Å². The molecule has 0 amide bonds. The monoisotopic (exact) mass is 281 g/mol. The second-order valence-electron chi connectivity index (χ2n) is 4.07. The molecule has 1 N–H and O–H groups in total. The van der Waals surface area contributed by atoms with E-state index >= 15 is 0 Å². The van der Waals surface area contributed by atoms with Gasteiger partial charge in [0.25, 0.3) is 5.69 Å². The topological polar surface area (TPSA) is 81.2 Å². The molecule has 0 atom stereocenters. The van der Waals surface area contributed by atoms with Gasteiger partial charge < -0.3 is 9.84 Å². The van der Waals surface area contributed by atoms with E-state index in [2.05, 4.69) is 10.5 Å². The number of hydrogen-bond acceptors (Lipinski definition) is 5. The van der Waals surface area contributed by atoms with Crippen molar-refractivity contribution in [3.8, 4) is 0 Å². The minimum absolute atomic E-state index is 0.0562. The Hall–Kier alpha value is -2.08. The van der Waals surface area contributed by atoms with Crippen molar-refractivity contribution < 1.29 is 9.45 Å². The van der Waals surface area contributed by atoms with Crippen LogP contribution in [0.5, 0.6) is 0 Å². The maximum Gasteiger partial charge on any atom is 0.293 e. The third-order valence-electron chi connectivity index (χ3n) is 2.79. The van der Waals surface area contributed by atoms with Gasteiger partial charge in [0.05, 0.1) is 10.6 Å². The van der Waals surface area contributed by atoms with E-state index in [1.807, 2.05) is 6.92 Å². The first-order chi connectivity index (χ1) is 8.99. The third-order valence-corrected chi connectivity index (χ3v) is 3.03. The van der Waals surface area contributed by atoms with Gasteiger partial charge in [-0.15, -0.1) is 0 Å². The van der Waals surface area contributed by atoms with Crippen molar-refractivity contribution in [3.63, 3.8) is 0 Å². The molecule has 0 aliphatic heterocycles. The second-order valence-corrected chi connectivity index (χ2v) is 4.51. The molecule has 0 unspecified atom stereocenters. The highest BCUT2D eigenvalue weighted by molar-refractivity contribution is 6.30. The number of hydrogen-bond donors (Lipinski definition) is 1. The van der Waals surface area contributed by atoms with Crippen LogP contribution in [0.4, 0.5) is 11.4 Å². The molecule has 100 valence electrons. The summed E-state index contributed by atoms with van der Waals surface area (Å²) in [4.78, 5) is 10.5. The molecular weight excluding hydrogens is 270 g/mol. The summed E-state index contributed by atoms with van der Waals surface area (Å²) in [6.45, 7) is 4.03. The van der Waals surface area contributed by atoms with E-state index < -0.39 is 4.92 Å². The Kier molecular flexibility index (Phi) is 3.71. The van der Waals surface area contributed by atoms with Crippen LogP contribution >= 0.6 is 11.6 Å². The Labute approximate surface area is 114 Å². The van der Waals surface area contributed by atoms with Gasteiger partial charge in [-0.05, 0) is 26.0 Å². The normalized spacial score (nSPS) is 10.5. The quantitative estimate of drug-likeness (QED) is 0.685. The Morgan fingerprint density at radius 3 is 2.79 bits per heavy atom. The number of aryl methyl sites for hydroxylation is 2. The summed E-state index contributed by atoms with van der Waals surface area (Å²) in [7, 11) is 0. The first-order valence-corrected chi connectivity index (χ1v) is 5.96. The fraction of sp³-hybridized carbons (Fsp3) is 0.250. The highest BCUT2D eigenvalue weighted by atomic mass is 35.5. The Bertz CT molecular complexity index is 605. The van der Waals surface area contributed by atoms with Gasteiger partial charge in [-0.1, -0.05) is 16.8 Å². The largest absolute Gasteiger partial charge is 0.375 e. The van der Waals surface area contributed by atoms with Crippen molar-refractivity contribution >= 4 is 23.0 Å². The zero-order chi connectivity index (χ0) is 14.0. The number of nitrogens with zero attached hydrogens (tertiary/aromatic N) is 2. The second kappa shape index (κ2) is 5.27. The predicted octanol–water partition coefficient (Wildman–Crippen LogP) is 3.47. The van der Waals surface area contributed by atoms with Gasteiger partial charge in [-0.3, -0.25) is 10.1 Å². The van der Waals surface area contributed by atoms with Crippen LogP contribution < -0.4 is 5.32 Å². The maximum atomic E-state index is 10.9. The number of nitrogens with one attached hydrogen (secondary N) is 1. The molecule has 1 heterocycles. The number of anilines is 1. The number of aromatic nitrogens is 1. The lowest BCUT2D eigenvalue weighted by atomic mass is 10.2. The zero-order valence-corrected chi connectivity index (χ0v) is 11.2. The van der Waals surface area contributed by atoms with Crippen LogP contribution in [0.1, 0.15) is 17.0 Å². The molecule has 7 heteroatoms. The van der Waals surface area contributed by atoms with Crippen molar-refractivity contribution in [1.82, 2.24) is 5.16 Å². The highest BCUT2D eigenvalue weighted by Gasteiger charge is 2.15. The molecule has 1 aromatic carbocycles. The third kappa shape index (κ3) is 2.85. The zero-order valence-electron chi connectivity index (χ0n) is 10.4. The minimum Gasteiger partial charge on any atom is -0.375 e. The number of benzene rings is 1. The van der Waals surface area contributed by atoms with E-state index in [9.17, 15) is 10.1 Å². The van der Waals surface area contributed by atoms with E-state index in [1.165, 1.54) is 6.07 Å². The molecule has 0 aliphatic carbocycles. The van der Waals surface area contributed by atoms with E-state index in [0.717, 1.165) is 11.3 Å². The molecule has 0 saturated heterocycles. The number of nitro groups is 1. The standard InChI is InChI=1S/C12H12ClN3O3/c1-7-10(8(2)19-15-7)6-14-11-4-3-9(13)5-12(11)16(17)18/h3-5,14H,6H2,1-2H3. The number of rotatable bonds is 4. The molecule has 19 heavy (non-hydrogen) atoms. The lowest BCUT2D eigenvalue weighted by Gasteiger charge is -2.07. The van der Waals surface area contributed by atoms with Crippen LogP contribution in [0, 0.1) is 24.0 Å². The Morgan fingerprint density at radius 2 is 2.21 bits per heavy atom. The van der Waals surface area contributed by atoms with Crippen molar-refractivity contribution in [1.29, 1.82) is 0 Å². The van der Waals surface area contributed by atoms with E-state index in [0.29, 0.717) is 23.0 Å². The fourth-order valence-corrected chi connectivity index (χ4v) is 1.91. The highest BCUT2D eigenvalue weighted by Crippen LogP contribution is 2.28. The van der Waals surface area contributed by atoms with Crippen LogP contribution in [0.3, 0.4) is 0 Å². The van der Waals surface area contributed by atoms with Crippen LogP contribution in [0.2, 0.25) is 5.02 Å². The summed E-state index contributed by atoms with van der Waals surface area (Å²) in [5.74, 6) is 0.696. The van der Waals surface area contributed by atoms with Gasteiger partial charge in [0, 0.05) is 23.2 Å². The van der Waals surface area contributed by atoms with Crippen molar-refractivity contribution in [3.05, 3.63) is 50.4 Å². The van der Waals surface area contributed by atoms with Gasteiger partial charge in [0.2, 0.25) is 0 Å². The Balaban J connectivity index is 2.23.